The summed E-state index contributed by atoms with van der Waals surface area (Å²) in [7, 11) is 0. The maximum Gasteiger partial charge on any atom is 1.00 e. The van der Waals surface area contributed by atoms with Crippen LogP contribution in [-0.4, -0.2) is 0 Å². The first kappa shape index (κ1) is 24.3. The van der Waals surface area contributed by atoms with Gasteiger partial charge in [-0.15, -0.1) is 0 Å². The maximum absolute atomic E-state index is 10.5. The van der Waals surface area contributed by atoms with Crippen LogP contribution in [0.2, 0.25) is 0 Å². The zero-order valence-electron chi connectivity index (χ0n) is 5.58. The first-order valence-electron chi connectivity index (χ1n) is 0.717. The molecule has 0 bridgehead atoms. The van der Waals surface area contributed by atoms with Crippen molar-refractivity contribution in [1.82, 2.24) is 0 Å². The predicted octanol–water partition coefficient (Wildman–Crippen LogP) is -6.47. The molecule has 0 aromatic heterocycles. The van der Waals surface area contributed by atoms with Gasteiger partial charge >= 0.3 is 189 Å². The summed E-state index contributed by atoms with van der Waals surface area (Å²) in [5.74, 6) is 0. The van der Waals surface area contributed by atoms with E-state index >= 15 is 0 Å². The summed E-state index contributed by atoms with van der Waals surface area (Å²) in [5, 5.41) is 0. The fourth-order valence-corrected chi connectivity index (χ4v) is 0. The summed E-state index contributed by atoms with van der Waals surface area (Å²) >= 11 is -10.5. The fourth-order valence-electron chi connectivity index (χ4n) is 0. The van der Waals surface area contributed by atoms with Crippen LogP contribution in [0.5, 0.6) is 0 Å². The monoisotopic (exact) mass is 289 g/mol. The molecule has 0 unspecified atom stereocenters. The van der Waals surface area contributed by atoms with E-state index in [1.54, 1.807) is 0 Å². The topological polar surface area (TPSA) is 0 Å². The largest absolute Gasteiger partial charge is 1.00 e. The molecule has 0 spiro atoms. The summed E-state index contributed by atoms with van der Waals surface area (Å²) in [6.07, 6.45) is 0. The Bertz CT molecular complexity index is 71.6. The van der Waals surface area contributed by atoms with E-state index in [1.165, 1.54) is 0 Å². The molecule has 0 heterocycles. The molecule has 0 fully saturated rings. The van der Waals surface area contributed by atoms with Crippen LogP contribution < -0.4 is 154 Å². The van der Waals surface area contributed by atoms with Crippen LogP contribution in [-0.2, 0) is 13.0 Å². The fraction of sp³-hybridized carbons (Fsp3) is 0. The summed E-state index contributed by atoms with van der Waals surface area (Å²) in [6.45, 7) is 0. The van der Waals surface area contributed by atoms with E-state index in [2.05, 4.69) is 0 Å². The smallest absolute Gasteiger partial charge is 1.00 e. The predicted molar refractivity (Wildman–Crippen MR) is 6.65 cm³/mol. The first-order valence-corrected chi connectivity index (χ1v) is 2.96. The second kappa shape index (κ2) is 5.90. The molecule has 0 aromatic carbocycles. The van der Waals surface area contributed by atoms with Gasteiger partial charge in [-0.3, -0.25) is 0 Å². The van der Waals surface area contributed by atoms with E-state index in [0.29, 0.717) is 0 Å². The van der Waals surface area contributed by atoms with Crippen LogP contribution in [0.3, 0.4) is 0 Å². The van der Waals surface area contributed by atoms with Crippen molar-refractivity contribution in [2.45, 2.75) is 0 Å². The van der Waals surface area contributed by atoms with E-state index in [0.717, 1.165) is 0 Å². The molecular formula is F6K3Ni. The van der Waals surface area contributed by atoms with Gasteiger partial charge in [0.1, 0.15) is 0 Å². The van der Waals surface area contributed by atoms with Crippen molar-refractivity contribution in [3.63, 3.8) is 0 Å². The zero-order chi connectivity index (χ0) is 6.41. The van der Waals surface area contributed by atoms with Crippen LogP contribution >= 0.6 is 0 Å². The van der Waals surface area contributed by atoms with E-state index in [1.807, 2.05) is 0 Å². The quantitative estimate of drug-likeness (QED) is 0.307. The molecule has 0 N–H and O–H groups in total. The molecule has 0 nitrogen and oxygen atoms in total. The van der Waals surface area contributed by atoms with Gasteiger partial charge in [-0.2, -0.15) is 0 Å². The van der Waals surface area contributed by atoms with Gasteiger partial charge in [-0.05, 0) is 0 Å². The van der Waals surface area contributed by atoms with E-state index in [-0.39, 0.29) is 154 Å². The van der Waals surface area contributed by atoms with Crippen LogP contribution in [0.4, 0.5) is 21.6 Å². The molecule has 10 heavy (non-hydrogen) atoms. The summed E-state index contributed by atoms with van der Waals surface area (Å²) in [6, 6.07) is 0. The summed E-state index contributed by atoms with van der Waals surface area (Å²) in [5.41, 5.74) is 0. The molecule has 55 valence electrons. The first-order chi connectivity index (χ1) is 2.45. The summed E-state index contributed by atoms with van der Waals surface area (Å²) in [4.78, 5) is 0. The molecule has 0 radical (unpaired) electrons. The third-order valence-electron chi connectivity index (χ3n) is 0. The molecule has 0 amide bonds. The molecule has 0 aliphatic heterocycles. The van der Waals surface area contributed by atoms with Gasteiger partial charge in [-0.1, -0.05) is 0 Å². The Balaban J connectivity index is -0.0000000600. The molecule has 0 aliphatic carbocycles. The Labute approximate surface area is 182 Å². The normalized spacial score (nSPS) is 16.2. The molecule has 0 saturated carbocycles. The summed E-state index contributed by atoms with van der Waals surface area (Å²) < 4.78 is 59.1. The molecule has 0 atom stereocenters. The molecular weight excluding hydrogens is 290 g/mol. The van der Waals surface area contributed by atoms with Crippen molar-refractivity contribution in [2.24, 2.45) is 0 Å². The van der Waals surface area contributed by atoms with Crippen molar-refractivity contribution in [3.8, 4) is 0 Å². The van der Waals surface area contributed by atoms with Crippen LogP contribution in [0.25, 0.3) is 0 Å². The van der Waals surface area contributed by atoms with Crippen LogP contribution in [0.1, 0.15) is 0 Å². The molecule has 10 heteroatoms. The van der Waals surface area contributed by atoms with Gasteiger partial charge < -0.3 is 0 Å². The Morgan fingerprint density at radius 1 is 0.500 bits per heavy atom. The number of hydrogen-bond acceptors (Lipinski definition) is 0. The second-order valence-corrected chi connectivity index (χ2v) is 2.79. The molecule has 0 saturated heterocycles. The Morgan fingerprint density at radius 3 is 0.500 bits per heavy atom. The van der Waals surface area contributed by atoms with Gasteiger partial charge in [0.05, 0.1) is 0 Å². The molecule has 0 aromatic rings. The molecule has 0 rings (SSSR count). The zero-order valence-corrected chi connectivity index (χ0v) is 15.9. The maximum atomic E-state index is 9.85. The van der Waals surface area contributed by atoms with Crippen LogP contribution in [0, 0.1) is 0 Å². The minimum atomic E-state index is -10.5. The van der Waals surface area contributed by atoms with Gasteiger partial charge in [-0.25, -0.2) is 0 Å². The third-order valence-corrected chi connectivity index (χ3v) is 0. The minimum absolute atomic E-state index is 0. The van der Waals surface area contributed by atoms with Crippen molar-refractivity contribution < 1.29 is 189 Å². The Kier molecular flexibility index (Phi) is 14.3. The Morgan fingerprint density at radius 2 is 0.500 bits per heavy atom. The van der Waals surface area contributed by atoms with E-state index in [4.69, 9.17) is 0 Å². The Hall–Kier alpha value is 4.98. The number of halogens is 6. The van der Waals surface area contributed by atoms with Crippen LogP contribution in [0.15, 0.2) is 0 Å². The average Bonchev–Trinajstić information content (AvgIpc) is 0.592. The number of hydrogen-bond donors (Lipinski definition) is 0. The standard InChI is InChI=1S/6FH.3K.Ni/h6*1H;;;;/q;;;;;;3*+1;+3/p-6. The second-order valence-electron chi connectivity index (χ2n) is 0.678. The van der Waals surface area contributed by atoms with Crippen molar-refractivity contribution in [3.05, 3.63) is 0 Å². The van der Waals surface area contributed by atoms with Crippen molar-refractivity contribution in [2.75, 3.05) is 0 Å². The van der Waals surface area contributed by atoms with Gasteiger partial charge in [0.2, 0.25) is 0 Å². The molecule has 0 aliphatic rings. The number of rotatable bonds is 0. The van der Waals surface area contributed by atoms with E-state index < -0.39 is 13.0 Å². The van der Waals surface area contributed by atoms with E-state index in [9.17, 15) is 21.6 Å². The van der Waals surface area contributed by atoms with Gasteiger partial charge in [0.15, 0.2) is 0 Å². The minimum Gasteiger partial charge on any atom is 1.00 e. The average molecular weight is 290 g/mol. The van der Waals surface area contributed by atoms with Gasteiger partial charge in [0, 0.05) is 0 Å². The van der Waals surface area contributed by atoms with Crippen molar-refractivity contribution in [1.29, 1.82) is 0 Å². The SMILES string of the molecule is [F][Ni-3]([F])([F])([F])([F])[F].[K+].[K+].[K+]. The van der Waals surface area contributed by atoms with Crippen molar-refractivity contribution >= 4 is 0 Å². The van der Waals surface area contributed by atoms with Gasteiger partial charge in [0.25, 0.3) is 0 Å². The third kappa shape index (κ3) is 75.1.